The van der Waals surface area contributed by atoms with Crippen molar-refractivity contribution in [1.82, 2.24) is 0 Å². The number of hydrogen-bond donors (Lipinski definition) is 8. The topological polar surface area (TPSA) is 216 Å². The molecular formula is C21H28O13. The van der Waals surface area contributed by atoms with Crippen molar-refractivity contribution in [2.24, 2.45) is 0 Å². The summed E-state index contributed by atoms with van der Waals surface area (Å²) in [5, 5.41) is 79.1. The monoisotopic (exact) mass is 488 g/mol. The molecule has 1 aromatic rings. The molecule has 3 rings (SSSR count). The lowest BCUT2D eigenvalue weighted by atomic mass is 9.97. The first-order valence-electron chi connectivity index (χ1n) is 10.4. The van der Waals surface area contributed by atoms with Gasteiger partial charge in [0.2, 0.25) is 0 Å². The summed E-state index contributed by atoms with van der Waals surface area (Å²) in [6, 6.07) is 6.00. The molecule has 190 valence electrons. The highest BCUT2D eigenvalue weighted by atomic mass is 16.7. The number of benzene rings is 1. The van der Waals surface area contributed by atoms with Crippen molar-refractivity contribution in [3.8, 4) is 5.75 Å². The molecule has 0 saturated carbocycles. The molecule has 13 nitrogen and oxygen atoms in total. The third kappa shape index (κ3) is 6.09. The van der Waals surface area contributed by atoms with Gasteiger partial charge in [-0.3, -0.25) is 0 Å². The highest BCUT2D eigenvalue weighted by Gasteiger charge is 2.50. The maximum absolute atomic E-state index is 11.9. The highest BCUT2D eigenvalue weighted by Crippen LogP contribution is 2.28. The van der Waals surface area contributed by atoms with Gasteiger partial charge in [-0.1, -0.05) is 12.1 Å². The number of carbonyl (C=O) groups excluding carboxylic acids is 1. The van der Waals surface area contributed by atoms with Gasteiger partial charge >= 0.3 is 5.97 Å². The zero-order valence-electron chi connectivity index (χ0n) is 17.8. The Balaban J connectivity index is 1.54. The summed E-state index contributed by atoms with van der Waals surface area (Å²) in [4.78, 5) is 11.9. The first-order valence-corrected chi connectivity index (χ1v) is 10.4. The van der Waals surface area contributed by atoms with Crippen LogP contribution in [-0.4, -0.2) is 121 Å². The molecule has 2 aliphatic heterocycles. The predicted molar refractivity (Wildman–Crippen MR) is 110 cm³/mol. The lowest BCUT2D eigenvalue weighted by Crippen LogP contribution is -2.64. The van der Waals surface area contributed by atoms with Gasteiger partial charge in [-0.15, -0.1) is 0 Å². The average Bonchev–Trinajstić information content (AvgIpc) is 2.82. The Kier molecular flexibility index (Phi) is 8.95. The Morgan fingerprint density at radius 3 is 2.18 bits per heavy atom. The molecule has 0 bridgehead atoms. The number of ether oxygens (including phenoxy) is 4. The van der Waals surface area contributed by atoms with E-state index >= 15 is 0 Å². The third-order valence-corrected chi connectivity index (χ3v) is 5.50. The SMILES string of the molecule is O=C(C=Cc1ccc(O)cc1)OC[C@H]1O[C@H](O)[C@H](O[C@@H]2O[C@H](CO)[C@@H](O)[C@H](O)[C@H]2O)[C@@H](O)[C@@H]1O. The van der Waals surface area contributed by atoms with E-state index in [2.05, 4.69) is 0 Å². The molecule has 34 heavy (non-hydrogen) atoms. The number of hydrogen-bond acceptors (Lipinski definition) is 13. The van der Waals surface area contributed by atoms with Crippen molar-refractivity contribution >= 4 is 12.0 Å². The van der Waals surface area contributed by atoms with Crippen LogP contribution >= 0.6 is 0 Å². The number of rotatable bonds is 7. The molecular weight excluding hydrogens is 460 g/mol. The normalized spacial score (nSPS) is 38.7. The van der Waals surface area contributed by atoms with Crippen molar-refractivity contribution in [2.45, 2.75) is 61.4 Å². The van der Waals surface area contributed by atoms with E-state index in [1.165, 1.54) is 18.2 Å². The summed E-state index contributed by atoms with van der Waals surface area (Å²) >= 11 is 0. The minimum Gasteiger partial charge on any atom is -0.508 e. The summed E-state index contributed by atoms with van der Waals surface area (Å²) < 4.78 is 20.6. The van der Waals surface area contributed by atoms with Gasteiger partial charge < -0.3 is 59.8 Å². The first kappa shape index (κ1) is 26.4. The summed E-state index contributed by atoms with van der Waals surface area (Å²) in [6.07, 6.45) is -13.9. The minimum absolute atomic E-state index is 0.0640. The number of phenolic OH excluding ortho intramolecular Hbond substituents is 1. The molecule has 0 amide bonds. The van der Waals surface area contributed by atoms with Crippen molar-refractivity contribution in [2.75, 3.05) is 13.2 Å². The van der Waals surface area contributed by atoms with E-state index < -0.39 is 80.6 Å². The van der Waals surface area contributed by atoms with Crippen LogP contribution in [0.5, 0.6) is 5.75 Å². The lowest BCUT2D eigenvalue weighted by Gasteiger charge is -2.45. The molecule has 2 fully saturated rings. The van der Waals surface area contributed by atoms with E-state index in [9.17, 15) is 45.6 Å². The molecule has 2 heterocycles. The van der Waals surface area contributed by atoms with E-state index in [4.69, 9.17) is 18.9 Å². The summed E-state index contributed by atoms with van der Waals surface area (Å²) in [6.45, 7) is -1.24. The van der Waals surface area contributed by atoms with Crippen LogP contribution in [0.4, 0.5) is 0 Å². The molecule has 1 aromatic carbocycles. The minimum atomic E-state index is -1.86. The van der Waals surface area contributed by atoms with Crippen molar-refractivity contribution in [3.63, 3.8) is 0 Å². The molecule has 13 heteroatoms. The van der Waals surface area contributed by atoms with Crippen LogP contribution in [0.2, 0.25) is 0 Å². The third-order valence-electron chi connectivity index (χ3n) is 5.50. The maximum atomic E-state index is 11.9. The molecule has 0 unspecified atom stereocenters. The first-order chi connectivity index (χ1) is 16.1. The molecule has 0 aromatic heterocycles. The second kappa shape index (κ2) is 11.5. The van der Waals surface area contributed by atoms with Gasteiger partial charge in [-0.2, -0.15) is 0 Å². The van der Waals surface area contributed by atoms with E-state index in [1.807, 2.05) is 0 Å². The van der Waals surface area contributed by atoms with Crippen LogP contribution in [0.15, 0.2) is 30.3 Å². The average molecular weight is 488 g/mol. The van der Waals surface area contributed by atoms with Gasteiger partial charge in [-0.25, -0.2) is 4.79 Å². The molecule has 2 aliphatic rings. The molecule has 0 spiro atoms. The maximum Gasteiger partial charge on any atom is 0.330 e. The predicted octanol–water partition coefficient (Wildman–Crippen LogP) is -3.43. The van der Waals surface area contributed by atoms with E-state index in [1.54, 1.807) is 12.1 Å². The second-order valence-corrected chi connectivity index (χ2v) is 7.90. The van der Waals surface area contributed by atoms with Gasteiger partial charge in [0.1, 0.15) is 61.2 Å². The Bertz CT molecular complexity index is 828. The van der Waals surface area contributed by atoms with Crippen LogP contribution in [0.1, 0.15) is 5.56 Å². The largest absolute Gasteiger partial charge is 0.508 e. The van der Waals surface area contributed by atoms with Crippen LogP contribution < -0.4 is 0 Å². The molecule has 0 aliphatic carbocycles. The van der Waals surface area contributed by atoms with Gasteiger partial charge in [0.15, 0.2) is 12.6 Å². The van der Waals surface area contributed by atoms with E-state index in [0.717, 1.165) is 6.08 Å². The number of phenols is 1. The number of aliphatic hydroxyl groups excluding tert-OH is 7. The van der Waals surface area contributed by atoms with Crippen LogP contribution in [0.3, 0.4) is 0 Å². The molecule has 2 saturated heterocycles. The van der Waals surface area contributed by atoms with Gasteiger partial charge in [-0.05, 0) is 23.8 Å². The zero-order chi connectivity index (χ0) is 25.0. The van der Waals surface area contributed by atoms with Gasteiger partial charge in [0.25, 0.3) is 0 Å². The standard InChI is InChI=1S/C21H28O13/c22-7-11-14(25)16(27)18(29)21(33-11)34-19-17(28)15(26)12(32-20(19)30)8-31-13(24)6-3-9-1-4-10(23)5-2-9/h1-6,11-12,14-23,25-30H,7-8H2/t11-,12-,14-,15-,16+,17+,18-,19-,20+,21+/m1/s1. The van der Waals surface area contributed by atoms with Crippen molar-refractivity contribution < 1.29 is 64.6 Å². The van der Waals surface area contributed by atoms with Crippen LogP contribution in [0, 0.1) is 0 Å². The van der Waals surface area contributed by atoms with Crippen LogP contribution in [0.25, 0.3) is 6.08 Å². The molecule has 0 radical (unpaired) electrons. The van der Waals surface area contributed by atoms with E-state index in [-0.39, 0.29) is 5.75 Å². The fourth-order valence-corrected chi connectivity index (χ4v) is 3.50. The Labute approximate surface area is 193 Å². The van der Waals surface area contributed by atoms with Crippen LogP contribution in [-0.2, 0) is 23.7 Å². The summed E-state index contributed by atoms with van der Waals surface area (Å²) in [7, 11) is 0. The van der Waals surface area contributed by atoms with Crippen molar-refractivity contribution in [3.05, 3.63) is 35.9 Å². The Morgan fingerprint density at radius 1 is 0.882 bits per heavy atom. The number of aliphatic hydroxyl groups is 7. The lowest BCUT2D eigenvalue weighted by molar-refractivity contribution is -0.361. The molecule has 10 atom stereocenters. The second-order valence-electron chi connectivity index (χ2n) is 7.90. The fraction of sp³-hybridized carbons (Fsp3) is 0.571. The zero-order valence-corrected chi connectivity index (χ0v) is 17.8. The number of esters is 1. The number of carbonyl (C=O) groups is 1. The van der Waals surface area contributed by atoms with Gasteiger partial charge in [0.05, 0.1) is 6.61 Å². The van der Waals surface area contributed by atoms with Crippen molar-refractivity contribution in [1.29, 1.82) is 0 Å². The summed E-state index contributed by atoms with van der Waals surface area (Å²) in [5.74, 6) is -0.735. The van der Waals surface area contributed by atoms with Gasteiger partial charge in [0, 0.05) is 6.08 Å². The van der Waals surface area contributed by atoms with E-state index in [0.29, 0.717) is 5.56 Å². The quantitative estimate of drug-likeness (QED) is 0.139. The Hall–Kier alpha value is -2.17. The molecule has 8 N–H and O–H groups in total. The highest BCUT2D eigenvalue weighted by molar-refractivity contribution is 5.87. The fourth-order valence-electron chi connectivity index (χ4n) is 3.50. The summed E-state index contributed by atoms with van der Waals surface area (Å²) in [5.41, 5.74) is 0.614. The number of aromatic hydroxyl groups is 1. The Morgan fingerprint density at radius 2 is 1.53 bits per heavy atom. The smallest absolute Gasteiger partial charge is 0.330 e.